The molecular formula is C27H34Cl2FN4O2+. The number of rotatable bonds is 8. The number of benzene rings is 2. The highest BCUT2D eigenvalue weighted by atomic mass is 35.5. The Morgan fingerprint density at radius 3 is 2.50 bits per heavy atom. The first-order valence-corrected chi connectivity index (χ1v) is 13.4. The maximum absolute atomic E-state index is 15.8. The average molecular weight is 536 g/mol. The second-order valence-corrected chi connectivity index (χ2v) is 10.8. The molecule has 36 heavy (non-hydrogen) atoms. The lowest BCUT2D eigenvalue weighted by Gasteiger charge is -2.40. The van der Waals surface area contributed by atoms with Crippen LogP contribution in [-0.2, 0) is 0 Å². The van der Waals surface area contributed by atoms with Gasteiger partial charge in [0.1, 0.15) is 13.6 Å². The van der Waals surface area contributed by atoms with Crippen molar-refractivity contribution in [3.05, 3.63) is 69.7 Å². The number of nitrogens with zero attached hydrogens (tertiary/aromatic N) is 3. The number of nitrogens with one attached hydrogen (secondary N) is 1. The number of piperidine rings is 1. The van der Waals surface area contributed by atoms with Crippen LogP contribution in [0, 0.1) is 0 Å². The van der Waals surface area contributed by atoms with Gasteiger partial charge >= 0.3 is 11.9 Å². The van der Waals surface area contributed by atoms with Gasteiger partial charge in [-0.15, -0.1) is 0 Å². The molecule has 2 atom stereocenters. The molecule has 2 saturated heterocycles. The highest BCUT2D eigenvalue weighted by Gasteiger charge is 2.38. The van der Waals surface area contributed by atoms with Gasteiger partial charge < -0.3 is 15.1 Å². The molecule has 2 heterocycles. The SMILES string of the molecule is C[N@+](F)(CC(CCN1CCC(N2CCCNC2=O)CC1)c1ccc(Cl)c(Cl)c1)C(=O)c1ccccc1. The second kappa shape index (κ2) is 11.9. The number of likely N-dealkylation sites (tertiary alicyclic amines) is 1. The third kappa shape index (κ3) is 6.57. The zero-order chi connectivity index (χ0) is 25.7. The van der Waals surface area contributed by atoms with Gasteiger partial charge in [-0.05, 0) is 62.1 Å². The smallest absolute Gasteiger partial charge is 0.338 e. The van der Waals surface area contributed by atoms with Crippen LogP contribution in [0.4, 0.5) is 9.28 Å². The Bertz CT molecular complexity index is 1060. The number of likely N-dealkylation sites (N-methyl/N-ethyl adjacent to an activating group) is 1. The van der Waals surface area contributed by atoms with Crippen LogP contribution in [0.2, 0.25) is 10.0 Å². The number of quaternary nitrogens is 1. The van der Waals surface area contributed by atoms with Gasteiger partial charge in [0, 0.05) is 42.6 Å². The summed E-state index contributed by atoms with van der Waals surface area (Å²) < 4.78 is 14.6. The molecule has 9 heteroatoms. The minimum atomic E-state index is -1.25. The molecule has 194 valence electrons. The zero-order valence-electron chi connectivity index (χ0n) is 20.6. The number of hydrogen-bond donors (Lipinski definition) is 1. The summed E-state index contributed by atoms with van der Waals surface area (Å²) in [5.41, 5.74) is 1.21. The molecule has 2 aliphatic heterocycles. The monoisotopic (exact) mass is 535 g/mol. The molecule has 2 aromatic rings. The van der Waals surface area contributed by atoms with Crippen LogP contribution in [0.1, 0.15) is 47.5 Å². The normalized spacial score (nSPS) is 20.0. The summed E-state index contributed by atoms with van der Waals surface area (Å²) in [7, 11) is 1.31. The van der Waals surface area contributed by atoms with Crippen LogP contribution in [0.15, 0.2) is 48.5 Å². The summed E-state index contributed by atoms with van der Waals surface area (Å²) in [4.78, 5) is 29.5. The van der Waals surface area contributed by atoms with E-state index in [0.717, 1.165) is 57.5 Å². The quantitative estimate of drug-likeness (QED) is 0.453. The molecule has 1 N–H and O–H groups in total. The van der Waals surface area contributed by atoms with Crippen molar-refractivity contribution >= 4 is 35.1 Å². The lowest BCUT2D eigenvalue weighted by molar-refractivity contribution is -0.971. The van der Waals surface area contributed by atoms with Crippen molar-refractivity contribution in [3.8, 4) is 0 Å². The largest absolute Gasteiger partial charge is 0.383 e. The van der Waals surface area contributed by atoms with Crippen LogP contribution < -0.4 is 5.32 Å². The fraction of sp³-hybridized carbons (Fsp3) is 0.481. The van der Waals surface area contributed by atoms with Crippen LogP contribution in [0.5, 0.6) is 0 Å². The molecule has 2 fully saturated rings. The molecule has 2 aromatic carbocycles. The standard InChI is InChI=1S/C27H33Cl2FN4O2/c1-34(30,26(35)20-6-3-2-4-7-20)19-22(21-8-9-24(28)25(29)18-21)10-15-32-16-11-23(12-17-32)33-14-5-13-31-27(33)36/h2-4,6-9,18,22-23H,5,10-17,19H2,1H3/p+1/t22?,34-/m0/s1. The number of amides is 3. The molecular weight excluding hydrogens is 502 g/mol. The van der Waals surface area contributed by atoms with Gasteiger partial charge in [-0.3, -0.25) is 0 Å². The van der Waals surface area contributed by atoms with Gasteiger partial charge in [-0.2, -0.15) is 0 Å². The van der Waals surface area contributed by atoms with Gasteiger partial charge in [0.2, 0.25) is 0 Å². The molecule has 1 unspecified atom stereocenters. The first-order valence-electron chi connectivity index (χ1n) is 12.6. The van der Waals surface area contributed by atoms with E-state index in [1.165, 1.54) is 7.05 Å². The van der Waals surface area contributed by atoms with Gasteiger partial charge in [-0.1, -0.05) is 52.2 Å². The molecule has 0 saturated carbocycles. The third-order valence-corrected chi connectivity index (χ3v) is 8.07. The Morgan fingerprint density at radius 1 is 1.11 bits per heavy atom. The van der Waals surface area contributed by atoms with Crippen molar-refractivity contribution < 1.29 is 18.8 Å². The van der Waals surface area contributed by atoms with Crippen molar-refractivity contribution in [1.82, 2.24) is 15.1 Å². The Morgan fingerprint density at radius 2 is 1.83 bits per heavy atom. The minimum absolute atomic E-state index is 0.00387. The van der Waals surface area contributed by atoms with Gasteiger partial charge in [0.05, 0.1) is 15.6 Å². The summed E-state index contributed by atoms with van der Waals surface area (Å²) in [5, 5.41) is 3.80. The summed E-state index contributed by atoms with van der Waals surface area (Å²) in [5.74, 6) is -0.797. The number of urea groups is 1. The number of halogens is 3. The summed E-state index contributed by atoms with van der Waals surface area (Å²) in [6, 6.07) is 14.2. The topological polar surface area (TPSA) is 52.6 Å². The maximum atomic E-state index is 15.8. The zero-order valence-corrected chi connectivity index (χ0v) is 22.1. The van der Waals surface area contributed by atoms with E-state index in [-0.39, 0.29) is 24.5 Å². The molecule has 0 aromatic heterocycles. The Hall–Kier alpha value is -2.19. The molecule has 0 aliphatic carbocycles. The Labute approximate surface area is 222 Å². The predicted molar refractivity (Wildman–Crippen MR) is 141 cm³/mol. The molecule has 2 aliphatic rings. The summed E-state index contributed by atoms with van der Waals surface area (Å²) in [6.07, 6.45) is 3.51. The van der Waals surface area contributed by atoms with Crippen LogP contribution in [0.25, 0.3) is 0 Å². The van der Waals surface area contributed by atoms with Crippen molar-refractivity contribution in [3.63, 3.8) is 0 Å². The molecule has 0 radical (unpaired) electrons. The van der Waals surface area contributed by atoms with Crippen molar-refractivity contribution in [1.29, 1.82) is 0 Å². The van der Waals surface area contributed by atoms with E-state index in [1.54, 1.807) is 42.5 Å². The van der Waals surface area contributed by atoms with E-state index in [4.69, 9.17) is 23.2 Å². The van der Waals surface area contributed by atoms with Crippen LogP contribution in [-0.4, -0.2) is 78.8 Å². The molecule has 0 spiro atoms. The van der Waals surface area contributed by atoms with Gasteiger partial charge in [0.25, 0.3) is 0 Å². The van der Waals surface area contributed by atoms with E-state index >= 15 is 4.48 Å². The lowest BCUT2D eigenvalue weighted by atomic mass is 9.93. The fourth-order valence-corrected chi connectivity index (χ4v) is 5.57. The molecule has 0 bridgehead atoms. The average Bonchev–Trinajstić information content (AvgIpc) is 2.89. The Kier molecular flexibility index (Phi) is 8.88. The fourth-order valence-electron chi connectivity index (χ4n) is 5.27. The first-order chi connectivity index (χ1) is 17.2. The first kappa shape index (κ1) is 26.9. The van der Waals surface area contributed by atoms with E-state index in [0.29, 0.717) is 22.0 Å². The number of carbonyl (C=O) groups is 2. The highest BCUT2D eigenvalue weighted by molar-refractivity contribution is 6.42. The molecule has 6 nitrogen and oxygen atoms in total. The van der Waals surface area contributed by atoms with Crippen molar-refractivity contribution in [2.45, 2.75) is 37.6 Å². The molecule has 4 rings (SSSR count). The van der Waals surface area contributed by atoms with Crippen molar-refractivity contribution in [2.24, 2.45) is 0 Å². The van der Waals surface area contributed by atoms with Gasteiger partial charge in [0.15, 0.2) is 0 Å². The van der Waals surface area contributed by atoms with E-state index in [1.807, 2.05) is 11.0 Å². The van der Waals surface area contributed by atoms with Gasteiger partial charge in [-0.25, -0.2) is 9.59 Å². The third-order valence-electron chi connectivity index (χ3n) is 7.33. The highest BCUT2D eigenvalue weighted by Crippen LogP contribution is 2.31. The minimum Gasteiger partial charge on any atom is -0.338 e. The van der Waals surface area contributed by atoms with Crippen LogP contribution in [0.3, 0.4) is 0 Å². The second-order valence-electron chi connectivity index (χ2n) is 9.94. The summed E-state index contributed by atoms with van der Waals surface area (Å²) in [6.45, 7) is 4.10. The van der Waals surface area contributed by atoms with E-state index in [2.05, 4.69) is 10.2 Å². The van der Waals surface area contributed by atoms with E-state index < -0.39 is 10.6 Å². The lowest BCUT2D eigenvalue weighted by Crippen LogP contribution is -2.54. The Balaban J connectivity index is 1.42. The van der Waals surface area contributed by atoms with Crippen LogP contribution >= 0.6 is 23.2 Å². The van der Waals surface area contributed by atoms with Crippen molar-refractivity contribution in [2.75, 3.05) is 46.3 Å². The summed E-state index contributed by atoms with van der Waals surface area (Å²) >= 11 is 12.4. The maximum Gasteiger partial charge on any atom is 0.383 e. The van der Waals surface area contributed by atoms with E-state index in [9.17, 15) is 9.59 Å². The number of carbonyl (C=O) groups excluding carboxylic acids is 2. The number of hydrogen-bond acceptors (Lipinski definition) is 3. The predicted octanol–water partition coefficient (Wildman–Crippen LogP) is 5.52. The molecule has 3 amide bonds.